The predicted molar refractivity (Wildman–Crippen MR) is 65.6 cm³/mol. The van der Waals surface area contributed by atoms with Gasteiger partial charge in [-0.05, 0) is 49.9 Å². The lowest BCUT2D eigenvalue weighted by atomic mass is 9.93. The Balaban J connectivity index is 2.71. The first-order chi connectivity index (χ1) is 8.04. The molecule has 3 nitrogen and oxygen atoms in total. The molecule has 0 radical (unpaired) electrons. The number of benzene rings is 1. The average Bonchev–Trinajstić information content (AvgIpc) is 2.75. The summed E-state index contributed by atoms with van der Waals surface area (Å²) in [6.07, 6.45) is 0. The molecular formula is C14H14N2O. The minimum absolute atomic E-state index is 0.318. The Labute approximate surface area is 101 Å². The van der Waals surface area contributed by atoms with E-state index in [4.69, 9.17) is 9.78 Å². The van der Waals surface area contributed by atoms with Crippen LogP contribution in [0.3, 0.4) is 0 Å². The molecule has 86 valence electrons. The van der Waals surface area contributed by atoms with Crippen molar-refractivity contribution in [2.45, 2.75) is 27.7 Å². The van der Waals surface area contributed by atoms with Crippen molar-refractivity contribution >= 4 is 0 Å². The van der Waals surface area contributed by atoms with Gasteiger partial charge >= 0.3 is 0 Å². The van der Waals surface area contributed by atoms with Crippen molar-refractivity contribution in [1.82, 2.24) is 5.16 Å². The van der Waals surface area contributed by atoms with Gasteiger partial charge in [0.2, 0.25) is 0 Å². The third-order valence-corrected chi connectivity index (χ3v) is 3.24. The van der Waals surface area contributed by atoms with Crippen molar-refractivity contribution < 1.29 is 4.52 Å². The molecule has 1 aromatic carbocycles. The molecule has 0 bridgehead atoms. The summed E-state index contributed by atoms with van der Waals surface area (Å²) in [6.45, 7) is 8.27. The zero-order valence-electron chi connectivity index (χ0n) is 10.5. The van der Waals surface area contributed by atoms with Crippen molar-refractivity contribution in [2.75, 3.05) is 0 Å². The molecule has 0 unspecified atom stereocenters. The molecule has 0 saturated heterocycles. The van der Waals surface area contributed by atoms with E-state index in [-0.39, 0.29) is 0 Å². The molecule has 0 aliphatic heterocycles. The summed E-state index contributed by atoms with van der Waals surface area (Å²) in [5, 5.41) is 12.5. The van der Waals surface area contributed by atoms with Crippen molar-refractivity contribution in [3.05, 3.63) is 40.1 Å². The maximum Gasteiger partial charge on any atom is 0.184 e. The van der Waals surface area contributed by atoms with Crippen LogP contribution in [0.25, 0.3) is 11.3 Å². The van der Waals surface area contributed by atoms with Gasteiger partial charge in [0.15, 0.2) is 11.5 Å². The standard InChI is InChI=1S/C14H14N2O/c1-8-5-9(2)11(4)14(10(8)3)13-6-12(7-15)16-17-13/h5-6H,1-4H3. The van der Waals surface area contributed by atoms with Crippen molar-refractivity contribution in [3.8, 4) is 17.4 Å². The minimum atomic E-state index is 0.318. The van der Waals surface area contributed by atoms with Gasteiger partial charge in [-0.25, -0.2) is 0 Å². The molecule has 0 fully saturated rings. The molecule has 0 N–H and O–H groups in total. The van der Waals surface area contributed by atoms with Gasteiger partial charge in [-0.3, -0.25) is 0 Å². The van der Waals surface area contributed by atoms with Gasteiger partial charge in [0.25, 0.3) is 0 Å². The molecule has 1 aromatic heterocycles. The lowest BCUT2D eigenvalue weighted by Crippen LogP contribution is -1.94. The van der Waals surface area contributed by atoms with Gasteiger partial charge in [-0.2, -0.15) is 5.26 Å². The maximum absolute atomic E-state index is 8.77. The summed E-state index contributed by atoms with van der Waals surface area (Å²) < 4.78 is 5.24. The van der Waals surface area contributed by atoms with E-state index in [9.17, 15) is 0 Å². The highest BCUT2D eigenvalue weighted by molar-refractivity contribution is 5.69. The summed E-state index contributed by atoms with van der Waals surface area (Å²) in [5.74, 6) is 0.670. The Kier molecular flexibility index (Phi) is 2.72. The maximum atomic E-state index is 8.77. The van der Waals surface area contributed by atoms with Crippen LogP contribution in [0.5, 0.6) is 0 Å². The van der Waals surface area contributed by atoms with Crippen LogP contribution in [0.15, 0.2) is 16.7 Å². The van der Waals surface area contributed by atoms with Crippen LogP contribution in [0.1, 0.15) is 27.9 Å². The Hall–Kier alpha value is -2.08. The molecule has 0 aliphatic rings. The van der Waals surface area contributed by atoms with E-state index in [1.54, 1.807) is 6.07 Å². The Morgan fingerprint density at radius 3 is 2.12 bits per heavy atom. The van der Waals surface area contributed by atoms with E-state index in [1.165, 1.54) is 22.3 Å². The molecule has 3 heteroatoms. The summed E-state index contributed by atoms with van der Waals surface area (Å²) >= 11 is 0. The first-order valence-corrected chi connectivity index (χ1v) is 5.49. The number of nitrogens with zero attached hydrogens (tertiary/aromatic N) is 2. The monoisotopic (exact) mass is 226 g/mol. The van der Waals surface area contributed by atoms with Crippen LogP contribution in [0, 0.1) is 39.0 Å². The SMILES string of the molecule is Cc1cc(C)c(C)c(-c2cc(C#N)no2)c1C. The van der Waals surface area contributed by atoms with E-state index < -0.39 is 0 Å². The second-order valence-electron chi connectivity index (χ2n) is 4.32. The molecule has 0 saturated carbocycles. The molecule has 2 aromatic rings. The molecule has 0 spiro atoms. The molecule has 0 aliphatic carbocycles. The third kappa shape index (κ3) is 1.83. The van der Waals surface area contributed by atoms with Crippen LogP contribution in [-0.2, 0) is 0 Å². The number of rotatable bonds is 1. The van der Waals surface area contributed by atoms with Gasteiger partial charge in [-0.1, -0.05) is 11.2 Å². The van der Waals surface area contributed by atoms with Crippen LogP contribution < -0.4 is 0 Å². The highest BCUT2D eigenvalue weighted by Gasteiger charge is 2.14. The van der Waals surface area contributed by atoms with E-state index in [0.717, 1.165) is 5.56 Å². The van der Waals surface area contributed by atoms with E-state index in [1.807, 2.05) is 6.07 Å². The zero-order chi connectivity index (χ0) is 12.6. The summed E-state index contributed by atoms with van der Waals surface area (Å²) in [4.78, 5) is 0. The Morgan fingerprint density at radius 2 is 1.65 bits per heavy atom. The Bertz CT molecular complexity index is 592. The predicted octanol–water partition coefficient (Wildman–Crippen LogP) is 3.45. The number of hydrogen-bond donors (Lipinski definition) is 0. The summed E-state index contributed by atoms with van der Waals surface area (Å²) in [6, 6.07) is 5.83. The van der Waals surface area contributed by atoms with Crippen LogP contribution in [0.2, 0.25) is 0 Å². The van der Waals surface area contributed by atoms with Crippen LogP contribution in [-0.4, -0.2) is 5.16 Å². The fourth-order valence-electron chi connectivity index (χ4n) is 2.03. The van der Waals surface area contributed by atoms with Gasteiger partial charge in [0.1, 0.15) is 6.07 Å². The van der Waals surface area contributed by atoms with Crippen molar-refractivity contribution in [3.63, 3.8) is 0 Å². The molecule has 0 atom stereocenters. The Morgan fingerprint density at radius 1 is 1.06 bits per heavy atom. The fraction of sp³-hybridized carbons (Fsp3) is 0.286. The molecular weight excluding hydrogens is 212 g/mol. The second-order valence-corrected chi connectivity index (χ2v) is 4.32. The minimum Gasteiger partial charge on any atom is -0.355 e. The number of nitriles is 1. The zero-order valence-corrected chi connectivity index (χ0v) is 10.5. The van der Waals surface area contributed by atoms with Gasteiger partial charge in [-0.15, -0.1) is 0 Å². The van der Waals surface area contributed by atoms with Gasteiger partial charge in [0.05, 0.1) is 0 Å². The summed E-state index contributed by atoms with van der Waals surface area (Å²) in [5.41, 5.74) is 6.16. The molecule has 17 heavy (non-hydrogen) atoms. The van der Waals surface area contributed by atoms with Crippen molar-refractivity contribution in [1.29, 1.82) is 5.26 Å². The number of aromatic nitrogens is 1. The summed E-state index contributed by atoms with van der Waals surface area (Å²) in [7, 11) is 0. The van der Waals surface area contributed by atoms with E-state index in [2.05, 4.69) is 38.9 Å². The normalized spacial score (nSPS) is 10.3. The first kappa shape index (κ1) is 11.4. The molecule has 2 rings (SSSR count). The largest absolute Gasteiger partial charge is 0.355 e. The van der Waals surface area contributed by atoms with E-state index in [0.29, 0.717) is 11.5 Å². The van der Waals surface area contributed by atoms with Crippen LogP contribution in [0.4, 0.5) is 0 Å². The first-order valence-electron chi connectivity index (χ1n) is 5.49. The smallest absolute Gasteiger partial charge is 0.184 e. The number of hydrogen-bond acceptors (Lipinski definition) is 3. The molecule has 0 amide bonds. The highest BCUT2D eigenvalue weighted by Crippen LogP contribution is 2.31. The second kappa shape index (κ2) is 4.06. The average molecular weight is 226 g/mol. The number of aryl methyl sites for hydroxylation is 2. The highest BCUT2D eigenvalue weighted by atomic mass is 16.5. The van der Waals surface area contributed by atoms with Crippen LogP contribution >= 0.6 is 0 Å². The molecule has 1 heterocycles. The van der Waals surface area contributed by atoms with Gasteiger partial charge in [0, 0.05) is 11.6 Å². The lowest BCUT2D eigenvalue weighted by Gasteiger charge is -2.12. The van der Waals surface area contributed by atoms with Gasteiger partial charge < -0.3 is 4.52 Å². The topological polar surface area (TPSA) is 49.8 Å². The fourth-order valence-corrected chi connectivity index (χ4v) is 2.03. The van der Waals surface area contributed by atoms with E-state index >= 15 is 0 Å². The third-order valence-electron chi connectivity index (χ3n) is 3.24. The van der Waals surface area contributed by atoms with Crippen molar-refractivity contribution in [2.24, 2.45) is 0 Å². The quantitative estimate of drug-likeness (QED) is 0.748. The lowest BCUT2D eigenvalue weighted by molar-refractivity contribution is 0.429.